The van der Waals surface area contributed by atoms with E-state index in [0.29, 0.717) is 5.56 Å². The van der Waals surface area contributed by atoms with Crippen molar-refractivity contribution in [3.05, 3.63) is 41.2 Å². The molecular formula is C11H12FN. The molecule has 0 saturated heterocycles. The maximum atomic E-state index is 13.2. The number of allylic oxidation sites excluding steroid dienone is 1. The van der Waals surface area contributed by atoms with Crippen LogP contribution in [0.1, 0.15) is 25.0 Å². The summed E-state index contributed by atoms with van der Waals surface area (Å²) >= 11 is 0. The van der Waals surface area contributed by atoms with E-state index in [9.17, 15) is 4.39 Å². The molecular weight excluding hydrogens is 165 g/mol. The van der Waals surface area contributed by atoms with Crippen LogP contribution in [0.2, 0.25) is 0 Å². The van der Waals surface area contributed by atoms with Crippen LogP contribution >= 0.6 is 0 Å². The summed E-state index contributed by atoms with van der Waals surface area (Å²) in [6.45, 7) is 3.46. The van der Waals surface area contributed by atoms with Gasteiger partial charge in [-0.05, 0) is 31.5 Å². The van der Waals surface area contributed by atoms with E-state index in [4.69, 9.17) is 5.41 Å². The summed E-state index contributed by atoms with van der Waals surface area (Å²) in [4.78, 5) is 0. The number of nitrogens with one attached hydrogen (secondary N) is 1. The van der Waals surface area contributed by atoms with E-state index in [1.807, 2.05) is 19.1 Å². The molecule has 0 heterocycles. The molecule has 1 N–H and O–H groups in total. The van der Waals surface area contributed by atoms with Crippen molar-refractivity contribution in [1.82, 2.24) is 0 Å². The minimum Gasteiger partial charge on any atom is -0.305 e. The molecule has 0 aliphatic heterocycles. The largest absolute Gasteiger partial charge is 0.305 e. The van der Waals surface area contributed by atoms with Crippen molar-refractivity contribution in [2.75, 3.05) is 0 Å². The lowest BCUT2D eigenvalue weighted by atomic mass is 10.1. The average molecular weight is 177 g/mol. The van der Waals surface area contributed by atoms with Crippen LogP contribution in [0.5, 0.6) is 0 Å². The number of hydrogen-bond acceptors (Lipinski definition) is 1. The normalized spacial score (nSPS) is 10.7. The first-order valence-corrected chi connectivity index (χ1v) is 4.13. The Hall–Kier alpha value is -1.44. The van der Waals surface area contributed by atoms with Gasteiger partial charge in [0.05, 0.1) is 0 Å². The molecule has 1 rings (SSSR count). The van der Waals surface area contributed by atoms with Crippen LogP contribution in [0.15, 0.2) is 24.3 Å². The molecule has 0 saturated carbocycles. The summed E-state index contributed by atoms with van der Waals surface area (Å²) in [5, 5.41) is 7.29. The summed E-state index contributed by atoms with van der Waals surface area (Å²) in [6, 6.07) is 4.87. The second kappa shape index (κ2) is 3.99. The second-order valence-corrected chi connectivity index (χ2v) is 2.86. The van der Waals surface area contributed by atoms with Crippen molar-refractivity contribution in [3.63, 3.8) is 0 Å². The fourth-order valence-electron chi connectivity index (χ4n) is 1.13. The van der Waals surface area contributed by atoms with E-state index in [1.54, 1.807) is 19.1 Å². The fourth-order valence-corrected chi connectivity index (χ4v) is 1.13. The van der Waals surface area contributed by atoms with Crippen LogP contribution in [-0.4, -0.2) is 5.71 Å². The third-order valence-electron chi connectivity index (χ3n) is 1.76. The van der Waals surface area contributed by atoms with Crippen LogP contribution in [0, 0.1) is 11.2 Å². The predicted molar refractivity (Wildman–Crippen MR) is 53.6 cm³/mol. The van der Waals surface area contributed by atoms with Crippen LogP contribution in [0.4, 0.5) is 4.39 Å². The Bertz CT molecular complexity index is 353. The van der Waals surface area contributed by atoms with Gasteiger partial charge in [0.1, 0.15) is 5.82 Å². The molecule has 0 fully saturated rings. The Morgan fingerprint density at radius 3 is 2.62 bits per heavy atom. The van der Waals surface area contributed by atoms with Gasteiger partial charge in [0.2, 0.25) is 0 Å². The van der Waals surface area contributed by atoms with E-state index in [1.165, 1.54) is 6.07 Å². The lowest BCUT2D eigenvalue weighted by Crippen LogP contribution is -1.96. The van der Waals surface area contributed by atoms with Gasteiger partial charge in [0.15, 0.2) is 0 Å². The molecule has 0 atom stereocenters. The average Bonchev–Trinajstić information content (AvgIpc) is 2.04. The topological polar surface area (TPSA) is 23.9 Å². The first-order chi connectivity index (χ1) is 6.15. The van der Waals surface area contributed by atoms with E-state index in [0.717, 1.165) is 5.56 Å². The van der Waals surface area contributed by atoms with Gasteiger partial charge in [-0.3, -0.25) is 0 Å². The molecule has 1 nitrogen and oxygen atoms in total. The maximum absolute atomic E-state index is 13.2. The Kier molecular flexibility index (Phi) is 2.96. The third kappa shape index (κ3) is 2.25. The second-order valence-electron chi connectivity index (χ2n) is 2.86. The molecule has 0 aliphatic rings. The highest BCUT2D eigenvalue weighted by atomic mass is 19.1. The summed E-state index contributed by atoms with van der Waals surface area (Å²) in [5.74, 6) is -0.330. The van der Waals surface area contributed by atoms with Gasteiger partial charge < -0.3 is 5.41 Å². The van der Waals surface area contributed by atoms with E-state index in [-0.39, 0.29) is 11.5 Å². The Morgan fingerprint density at radius 2 is 2.15 bits per heavy atom. The van der Waals surface area contributed by atoms with Gasteiger partial charge in [0, 0.05) is 11.3 Å². The van der Waals surface area contributed by atoms with Crippen LogP contribution in [-0.2, 0) is 0 Å². The molecule has 0 aromatic heterocycles. The Labute approximate surface area is 77.4 Å². The van der Waals surface area contributed by atoms with Crippen molar-refractivity contribution in [3.8, 4) is 0 Å². The van der Waals surface area contributed by atoms with Crippen molar-refractivity contribution >= 4 is 11.8 Å². The van der Waals surface area contributed by atoms with Gasteiger partial charge in [-0.15, -0.1) is 0 Å². The summed E-state index contributed by atoms with van der Waals surface area (Å²) in [5.41, 5.74) is 1.45. The summed E-state index contributed by atoms with van der Waals surface area (Å²) in [7, 11) is 0. The van der Waals surface area contributed by atoms with Gasteiger partial charge in [0.25, 0.3) is 0 Å². The van der Waals surface area contributed by atoms with E-state index in [2.05, 4.69) is 0 Å². The fraction of sp³-hybridized carbons (Fsp3) is 0.182. The van der Waals surface area contributed by atoms with Crippen LogP contribution < -0.4 is 0 Å². The molecule has 0 unspecified atom stereocenters. The standard InChI is InChI=1S/C11H12FN/c1-3-4-9-5-6-10(8(2)13)11(12)7-9/h3-7,13H,1-2H3/b4-3+,13-8?. The Balaban J connectivity index is 3.12. The molecule has 13 heavy (non-hydrogen) atoms. The quantitative estimate of drug-likeness (QED) is 0.670. The van der Waals surface area contributed by atoms with E-state index < -0.39 is 0 Å². The first kappa shape index (κ1) is 9.65. The molecule has 1 aromatic carbocycles. The smallest absolute Gasteiger partial charge is 0.132 e. The highest BCUT2D eigenvalue weighted by molar-refractivity contribution is 5.96. The number of rotatable bonds is 2. The SMILES string of the molecule is C/C=C/c1ccc(C(C)=N)c(F)c1. The third-order valence-corrected chi connectivity index (χ3v) is 1.76. The highest BCUT2D eigenvalue weighted by Crippen LogP contribution is 2.12. The zero-order valence-corrected chi connectivity index (χ0v) is 7.76. The summed E-state index contributed by atoms with van der Waals surface area (Å²) in [6.07, 6.45) is 3.68. The van der Waals surface area contributed by atoms with Gasteiger partial charge in [-0.2, -0.15) is 0 Å². The maximum Gasteiger partial charge on any atom is 0.132 e. The molecule has 1 aromatic rings. The summed E-state index contributed by atoms with van der Waals surface area (Å²) < 4.78 is 13.2. The minimum atomic E-state index is -0.330. The van der Waals surface area contributed by atoms with Crippen molar-refractivity contribution < 1.29 is 4.39 Å². The van der Waals surface area contributed by atoms with Crippen molar-refractivity contribution in [1.29, 1.82) is 5.41 Å². The van der Waals surface area contributed by atoms with Gasteiger partial charge in [-0.25, -0.2) is 4.39 Å². The predicted octanol–water partition coefficient (Wildman–Crippen LogP) is 3.25. The van der Waals surface area contributed by atoms with Crippen LogP contribution in [0.3, 0.4) is 0 Å². The Morgan fingerprint density at radius 1 is 1.46 bits per heavy atom. The molecule has 68 valence electrons. The van der Waals surface area contributed by atoms with E-state index >= 15 is 0 Å². The molecule has 2 heteroatoms. The van der Waals surface area contributed by atoms with Crippen molar-refractivity contribution in [2.45, 2.75) is 13.8 Å². The lowest BCUT2D eigenvalue weighted by molar-refractivity contribution is 0.624. The number of halogens is 1. The first-order valence-electron chi connectivity index (χ1n) is 4.13. The monoisotopic (exact) mass is 177 g/mol. The van der Waals surface area contributed by atoms with Gasteiger partial charge in [-0.1, -0.05) is 18.2 Å². The molecule has 0 amide bonds. The zero-order valence-electron chi connectivity index (χ0n) is 7.76. The highest BCUT2D eigenvalue weighted by Gasteiger charge is 2.03. The van der Waals surface area contributed by atoms with Gasteiger partial charge >= 0.3 is 0 Å². The van der Waals surface area contributed by atoms with Crippen LogP contribution in [0.25, 0.3) is 6.08 Å². The number of benzene rings is 1. The lowest BCUT2D eigenvalue weighted by Gasteiger charge is -2.01. The zero-order chi connectivity index (χ0) is 9.84. The van der Waals surface area contributed by atoms with Crippen molar-refractivity contribution in [2.24, 2.45) is 0 Å². The molecule has 0 spiro atoms. The molecule has 0 aliphatic carbocycles. The molecule has 0 bridgehead atoms. The molecule has 0 radical (unpaired) electrons. The number of hydrogen-bond donors (Lipinski definition) is 1. The minimum absolute atomic E-state index is 0.254.